The Kier molecular flexibility index (Phi) is 7.45. The van der Waals surface area contributed by atoms with Crippen molar-refractivity contribution in [2.75, 3.05) is 0 Å². The smallest absolute Gasteiger partial charge is 0.164 e. The Morgan fingerprint density at radius 1 is 0.300 bits per heavy atom. The van der Waals surface area contributed by atoms with Crippen molar-refractivity contribution < 1.29 is 0 Å². The fourth-order valence-electron chi connectivity index (χ4n) is 6.58. The Hall–Kier alpha value is -6.78. The molecule has 2 heterocycles. The monoisotopic (exact) mass is 638 g/mol. The van der Waals surface area contributed by atoms with Crippen LogP contribution in [-0.2, 0) is 0 Å². The van der Waals surface area contributed by atoms with Crippen LogP contribution in [-0.4, -0.2) is 19.9 Å². The summed E-state index contributed by atoms with van der Waals surface area (Å²) in [6, 6.07) is 62.8. The number of rotatable bonds is 6. The first-order valence-corrected chi connectivity index (χ1v) is 16.7. The second-order valence-corrected chi connectivity index (χ2v) is 12.3. The average Bonchev–Trinajstić information content (AvgIpc) is 3.21. The Labute approximate surface area is 290 Å². The number of aromatic nitrogens is 4. The van der Waals surface area contributed by atoms with Crippen molar-refractivity contribution in [2.24, 2.45) is 0 Å². The van der Waals surface area contributed by atoms with Gasteiger partial charge in [0, 0.05) is 27.6 Å². The first-order chi connectivity index (χ1) is 24.8. The normalized spacial score (nSPS) is 11.2. The zero-order chi connectivity index (χ0) is 33.3. The molecule has 0 bridgehead atoms. The maximum atomic E-state index is 5.12. The van der Waals surface area contributed by atoms with Crippen LogP contribution < -0.4 is 0 Å². The van der Waals surface area contributed by atoms with E-state index in [9.17, 15) is 0 Å². The van der Waals surface area contributed by atoms with Crippen LogP contribution in [0.2, 0.25) is 0 Å². The lowest BCUT2D eigenvalue weighted by atomic mass is 9.94. The molecule has 4 nitrogen and oxygen atoms in total. The van der Waals surface area contributed by atoms with Gasteiger partial charge >= 0.3 is 0 Å². The highest BCUT2D eigenvalue weighted by Gasteiger charge is 2.15. The number of benzene rings is 7. The molecule has 234 valence electrons. The van der Waals surface area contributed by atoms with Crippen molar-refractivity contribution in [1.29, 1.82) is 0 Å². The average molecular weight is 639 g/mol. The van der Waals surface area contributed by atoms with Crippen molar-refractivity contribution in [3.63, 3.8) is 0 Å². The van der Waals surface area contributed by atoms with Crippen molar-refractivity contribution >= 4 is 21.7 Å². The third-order valence-electron chi connectivity index (χ3n) is 9.14. The summed E-state index contributed by atoms with van der Waals surface area (Å²) in [6.45, 7) is 0. The highest BCUT2D eigenvalue weighted by molar-refractivity contribution is 6.13. The highest BCUT2D eigenvalue weighted by Crippen LogP contribution is 2.37. The molecule has 0 fully saturated rings. The molecule has 0 atom stereocenters. The SMILES string of the molecule is c1ccc(-c2ccc(-c3nc(-c4ccccc4)nc(-c4ccc(-c5cc(-c6ccccc6)nc6ccc7ccccc7c56)cc4)n3)cc2)cc1. The van der Waals surface area contributed by atoms with Gasteiger partial charge in [0.15, 0.2) is 17.5 Å². The van der Waals surface area contributed by atoms with E-state index in [4.69, 9.17) is 19.9 Å². The summed E-state index contributed by atoms with van der Waals surface area (Å²) in [7, 11) is 0. The van der Waals surface area contributed by atoms with E-state index < -0.39 is 0 Å². The minimum absolute atomic E-state index is 0.627. The molecule has 50 heavy (non-hydrogen) atoms. The minimum Gasteiger partial charge on any atom is -0.248 e. The first-order valence-electron chi connectivity index (χ1n) is 16.7. The Morgan fingerprint density at radius 2 is 0.740 bits per heavy atom. The molecule has 0 aliphatic carbocycles. The second kappa shape index (κ2) is 12.7. The van der Waals surface area contributed by atoms with Crippen molar-refractivity contribution in [2.45, 2.75) is 0 Å². The minimum atomic E-state index is 0.627. The predicted molar refractivity (Wildman–Crippen MR) is 205 cm³/mol. The summed E-state index contributed by atoms with van der Waals surface area (Å²) in [5, 5.41) is 3.52. The maximum absolute atomic E-state index is 5.12. The van der Waals surface area contributed by atoms with Crippen LogP contribution in [0.1, 0.15) is 0 Å². The number of hydrogen-bond donors (Lipinski definition) is 0. The molecule has 0 saturated carbocycles. The van der Waals surface area contributed by atoms with E-state index in [1.165, 1.54) is 16.3 Å². The topological polar surface area (TPSA) is 51.6 Å². The van der Waals surface area contributed by atoms with Gasteiger partial charge < -0.3 is 0 Å². The molecule has 0 N–H and O–H groups in total. The summed E-state index contributed by atoms with van der Waals surface area (Å²) in [6.07, 6.45) is 0. The van der Waals surface area contributed by atoms with E-state index in [0.29, 0.717) is 17.5 Å². The van der Waals surface area contributed by atoms with E-state index in [0.717, 1.165) is 55.5 Å². The van der Waals surface area contributed by atoms with Crippen molar-refractivity contribution in [3.05, 3.63) is 182 Å². The van der Waals surface area contributed by atoms with Gasteiger partial charge in [0.2, 0.25) is 0 Å². The number of fused-ring (bicyclic) bond motifs is 3. The second-order valence-electron chi connectivity index (χ2n) is 12.3. The zero-order valence-electron chi connectivity index (χ0n) is 27.1. The fourth-order valence-corrected chi connectivity index (χ4v) is 6.58. The molecule has 7 aromatic carbocycles. The van der Waals surface area contributed by atoms with Crippen LogP contribution >= 0.6 is 0 Å². The molecule has 2 aromatic heterocycles. The summed E-state index contributed by atoms with van der Waals surface area (Å²) in [5.74, 6) is 1.90. The standard InChI is InChI=1S/C46H30N4/c1-4-12-31(13-5-1)32-20-24-37(25-21-32)45-48-44(36-17-8-3-9-18-36)49-46(50-45)38-26-22-34(23-27-38)40-30-42(35-15-6-2-7-16-35)47-41-29-28-33-14-10-11-19-39(33)43(40)41/h1-30H. The van der Waals surface area contributed by atoms with Gasteiger partial charge in [0.05, 0.1) is 11.2 Å². The van der Waals surface area contributed by atoms with Crippen LogP contribution in [0.15, 0.2) is 182 Å². The van der Waals surface area contributed by atoms with Crippen LogP contribution in [0, 0.1) is 0 Å². The van der Waals surface area contributed by atoms with Crippen LogP contribution in [0.4, 0.5) is 0 Å². The molecule has 0 radical (unpaired) electrons. The zero-order valence-corrected chi connectivity index (χ0v) is 27.1. The van der Waals surface area contributed by atoms with Gasteiger partial charge in [0.25, 0.3) is 0 Å². The summed E-state index contributed by atoms with van der Waals surface area (Å²) in [5.41, 5.74) is 10.4. The van der Waals surface area contributed by atoms with Gasteiger partial charge in [-0.3, -0.25) is 0 Å². The molecule has 0 aliphatic rings. The Bertz CT molecular complexity index is 2600. The third-order valence-corrected chi connectivity index (χ3v) is 9.14. The third kappa shape index (κ3) is 5.59. The molecule has 0 unspecified atom stereocenters. The quantitative estimate of drug-likeness (QED) is 0.170. The number of hydrogen-bond acceptors (Lipinski definition) is 4. The summed E-state index contributed by atoms with van der Waals surface area (Å²) >= 11 is 0. The number of nitrogens with zero attached hydrogens (tertiary/aromatic N) is 4. The lowest BCUT2D eigenvalue weighted by Gasteiger charge is -2.14. The molecule has 0 aliphatic heterocycles. The van der Waals surface area contributed by atoms with Crippen molar-refractivity contribution in [1.82, 2.24) is 19.9 Å². The Balaban J connectivity index is 1.16. The van der Waals surface area contributed by atoms with E-state index in [2.05, 4.69) is 140 Å². The van der Waals surface area contributed by atoms with Gasteiger partial charge in [-0.15, -0.1) is 0 Å². The molecular weight excluding hydrogens is 609 g/mol. The molecule has 0 saturated heterocycles. The van der Waals surface area contributed by atoms with Gasteiger partial charge in [-0.25, -0.2) is 19.9 Å². The van der Waals surface area contributed by atoms with Crippen LogP contribution in [0.25, 0.3) is 89.4 Å². The largest absolute Gasteiger partial charge is 0.248 e. The lowest BCUT2D eigenvalue weighted by molar-refractivity contribution is 1.07. The lowest BCUT2D eigenvalue weighted by Crippen LogP contribution is -2.00. The Morgan fingerprint density at radius 3 is 1.34 bits per heavy atom. The van der Waals surface area contributed by atoms with Crippen molar-refractivity contribution in [3.8, 4) is 67.7 Å². The predicted octanol–water partition coefficient (Wildman–Crippen LogP) is 11.6. The first kappa shape index (κ1) is 29.4. The highest BCUT2D eigenvalue weighted by atomic mass is 15.0. The molecular formula is C46H30N4. The van der Waals surface area contributed by atoms with E-state index in [1.807, 2.05) is 42.5 Å². The van der Waals surface area contributed by atoms with E-state index >= 15 is 0 Å². The van der Waals surface area contributed by atoms with Gasteiger partial charge in [-0.05, 0) is 45.2 Å². The molecule has 0 amide bonds. The molecule has 9 aromatic rings. The molecule has 4 heteroatoms. The van der Waals surface area contributed by atoms with Crippen LogP contribution in [0.5, 0.6) is 0 Å². The van der Waals surface area contributed by atoms with Gasteiger partial charge in [-0.1, -0.05) is 170 Å². The maximum Gasteiger partial charge on any atom is 0.164 e. The van der Waals surface area contributed by atoms with Gasteiger partial charge in [-0.2, -0.15) is 0 Å². The van der Waals surface area contributed by atoms with E-state index in [1.54, 1.807) is 0 Å². The summed E-state index contributed by atoms with van der Waals surface area (Å²) < 4.78 is 0. The fraction of sp³-hybridized carbons (Fsp3) is 0. The molecule has 0 spiro atoms. The molecule has 9 rings (SSSR count). The number of pyridine rings is 1. The summed E-state index contributed by atoms with van der Waals surface area (Å²) in [4.78, 5) is 20.1. The van der Waals surface area contributed by atoms with Crippen LogP contribution in [0.3, 0.4) is 0 Å². The van der Waals surface area contributed by atoms with E-state index in [-0.39, 0.29) is 0 Å². The van der Waals surface area contributed by atoms with Gasteiger partial charge in [0.1, 0.15) is 0 Å².